The highest BCUT2D eigenvalue weighted by Gasteiger charge is 2.37. The number of para-hydroxylation sites is 1. The SMILES string of the molecule is Cc1cccc(C)c1OCC(=O)N[C@@H](Cc1ccccc1)[C@@H](C)C[C@H](Cc1ccccc1)NC(=O)[C@H](C(C)C)[N+]1=CCCNC1=O. The lowest BCUT2D eigenvalue weighted by atomic mass is 9.87. The van der Waals surface area contributed by atoms with Gasteiger partial charge in [-0.05, 0) is 61.3 Å². The molecule has 1 aliphatic heterocycles. The van der Waals surface area contributed by atoms with Crippen LogP contribution in [0.15, 0.2) is 78.9 Å². The number of hydrogen-bond acceptors (Lipinski definition) is 4. The van der Waals surface area contributed by atoms with Crippen molar-refractivity contribution in [1.82, 2.24) is 16.0 Å². The van der Waals surface area contributed by atoms with Crippen molar-refractivity contribution in [2.24, 2.45) is 11.8 Å². The molecular weight excluding hydrogens is 576 g/mol. The van der Waals surface area contributed by atoms with Gasteiger partial charge < -0.3 is 15.4 Å². The molecular formula is C38H49N4O4+. The maximum Gasteiger partial charge on any atom is 0.491 e. The minimum atomic E-state index is -0.629. The van der Waals surface area contributed by atoms with Crippen molar-refractivity contribution in [3.63, 3.8) is 0 Å². The highest BCUT2D eigenvalue weighted by molar-refractivity contribution is 5.85. The van der Waals surface area contributed by atoms with E-state index in [1.54, 1.807) is 4.58 Å². The lowest BCUT2D eigenvalue weighted by Gasteiger charge is -2.31. The molecule has 4 rings (SSSR count). The first-order chi connectivity index (χ1) is 22.1. The summed E-state index contributed by atoms with van der Waals surface area (Å²) in [4.78, 5) is 39.9. The lowest BCUT2D eigenvalue weighted by molar-refractivity contribution is -0.466. The van der Waals surface area contributed by atoms with Gasteiger partial charge in [-0.2, -0.15) is 9.37 Å². The van der Waals surface area contributed by atoms with Crippen LogP contribution in [0.25, 0.3) is 0 Å². The summed E-state index contributed by atoms with van der Waals surface area (Å²) >= 11 is 0. The van der Waals surface area contributed by atoms with Crippen molar-refractivity contribution in [2.75, 3.05) is 13.2 Å². The van der Waals surface area contributed by atoms with Crippen LogP contribution < -0.4 is 20.7 Å². The Morgan fingerprint density at radius 3 is 2.04 bits per heavy atom. The van der Waals surface area contributed by atoms with E-state index < -0.39 is 6.04 Å². The van der Waals surface area contributed by atoms with Gasteiger partial charge in [0.05, 0.1) is 12.8 Å². The third kappa shape index (κ3) is 9.77. The number of rotatable bonds is 15. The summed E-state index contributed by atoms with van der Waals surface area (Å²) in [7, 11) is 0. The number of carbonyl (C=O) groups is 3. The van der Waals surface area contributed by atoms with Crippen molar-refractivity contribution in [1.29, 1.82) is 0 Å². The molecule has 1 heterocycles. The van der Waals surface area contributed by atoms with Gasteiger partial charge in [-0.15, -0.1) is 0 Å². The molecule has 244 valence electrons. The van der Waals surface area contributed by atoms with E-state index in [9.17, 15) is 14.4 Å². The molecule has 0 radical (unpaired) electrons. The van der Waals surface area contributed by atoms with Crippen molar-refractivity contribution >= 4 is 24.1 Å². The quantitative estimate of drug-likeness (QED) is 0.198. The fourth-order valence-corrected chi connectivity index (χ4v) is 6.21. The molecule has 1 aliphatic rings. The van der Waals surface area contributed by atoms with E-state index in [0.717, 1.165) is 28.0 Å². The summed E-state index contributed by atoms with van der Waals surface area (Å²) in [5.41, 5.74) is 4.20. The minimum Gasteiger partial charge on any atom is -0.483 e. The molecule has 8 nitrogen and oxygen atoms in total. The zero-order valence-electron chi connectivity index (χ0n) is 27.8. The fourth-order valence-electron chi connectivity index (χ4n) is 6.21. The van der Waals surface area contributed by atoms with Crippen LogP contribution in [0, 0.1) is 25.7 Å². The van der Waals surface area contributed by atoms with E-state index in [-0.39, 0.29) is 48.4 Å². The molecule has 3 N–H and O–H groups in total. The molecule has 4 amide bonds. The summed E-state index contributed by atoms with van der Waals surface area (Å²) in [5, 5.41) is 9.42. The summed E-state index contributed by atoms with van der Waals surface area (Å²) in [6.07, 6.45) is 4.39. The normalized spacial score (nSPS) is 15.6. The second-order valence-electron chi connectivity index (χ2n) is 12.8. The van der Waals surface area contributed by atoms with Gasteiger partial charge in [0.25, 0.3) is 11.8 Å². The molecule has 0 fully saturated rings. The largest absolute Gasteiger partial charge is 0.491 e. The fraction of sp³-hybridized carbons (Fsp3) is 0.421. The molecule has 46 heavy (non-hydrogen) atoms. The van der Waals surface area contributed by atoms with Crippen molar-refractivity contribution in [2.45, 2.75) is 78.4 Å². The Morgan fingerprint density at radius 2 is 1.46 bits per heavy atom. The van der Waals surface area contributed by atoms with Gasteiger partial charge in [-0.3, -0.25) is 9.59 Å². The van der Waals surface area contributed by atoms with Gasteiger partial charge in [0, 0.05) is 24.4 Å². The summed E-state index contributed by atoms with van der Waals surface area (Å²) < 4.78 is 7.52. The lowest BCUT2D eigenvalue weighted by Crippen LogP contribution is -2.55. The molecule has 3 aromatic carbocycles. The number of carbonyl (C=O) groups excluding carboxylic acids is 3. The zero-order chi connectivity index (χ0) is 33.1. The monoisotopic (exact) mass is 625 g/mol. The van der Waals surface area contributed by atoms with E-state index in [1.807, 2.05) is 88.5 Å². The van der Waals surface area contributed by atoms with Gasteiger partial charge >= 0.3 is 6.03 Å². The third-order valence-electron chi connectivity index (χ3n) is 8.60. The van der Waals surface area contributed by atoms with Crippen LogP contribution in [-0.4, -0.2) is 59.9 Å². The summed E-state index contributed by atoms with van der Waals surface area (Å²) in [5.74, 6) is 0.278. The molecule has 0 saturated carbocycles. The average molecular weight is 626 g/mol. The minimum absolute atomic E-state index is 0.000661. The van der Waals surface area contributed by atoms with Crippen molar-refractivity contribution in [3.05, 3.63) is 101 Å². The number of benzene rings is 3. The Balaban J connectivity index is 1.53. The smallest absolute Gasteiger partial charge is 0.483 e. The number of amides is 4. The van der Waals surface area contributed by atoms with E-state index in [1.165, 1.54) is 0 Å². The predicted molar refractivity (Wildman–Crippen MR) is 182 cm³/mol. The standard InChI is InChI=1S/C38H48N4O4/c1-26(2)35(42-21-13-20-39-38(42)45)37(44)40-32(23-30-16-8-6-9-17-30)22-29(5)33(24-31-18-10-7-11-19-31)41-34(43)25-46-36-27(3)14-12-15-28(36)4/h6-12,14-19,21,26,29,32-33,35H,13,20,22-25H2,1-5H3,(H2-,39,40,41,43,44,45)/p+1/t29-,32+,33-,35-/m0/s1. The summed E-state index contributed by atoms with van der Waals surface area (Å²) in [6.45, 7) is 10.5. The Kier molecular flexibility index (Phi) is 12.5. The van der Waals surface area contributed by atoms with Crippen molar-refractivity contribution < 1.29 is 23.7 Å². The second kappa shape index (κ2) is 16.7. The number of urea groups is 1. The number of ether oxygens (including phenoxy) is 1. The Hall–Kier alpha value is -4.46. The maximum atomic E-state index is 13.9. The molecule has 3 aromatic rings. The molecule has 0 aromatic heterocycles. The molecule has 0 spiro atoms. The van der Waals surface area contributed by atoms with Gasteiger partial charge in [0.15, 0.2) is 12.6 Å². The second-order valence-corrected chi connectivity index (χ2v) is 12.8. The first-order valence-electron chi connectivity index (χ1n) is 16.4. The van der Waals surface area contributed by atoms with Gasteiger partial charge in [0.1, 0.15) is 5.75 Å². The number of nitrogens with one attached hydrogen (secondary N) is 3. The maximum absolute atomic E-state index is 13.9. The highest BCUT2D eigenvalue weighted by atomic mass is 16.5. The van der Waals surface area contributed by atoms with Crippen LogP contribution in [-0.2, 0) is 22.4 Å². The number of aryl methyl sites for hydroxylation is 2. The molecule has 8 heteroatoms. The number of nitrogens with zero attached hydrogens (tertiary/aromatic N) is 1. The Bertz CT molecular complexity index is 1470. The molecule has 4 atom stereocenters. The van der Waals surface area contributed by atoms with E-state index >= 15 is 0 Å². The van der Waals surface area contributed by atoms with Crippen LogP contribution in [0.1, 0.15) is 55.9 Å². The van der Waals surface area contributed by atoms with Gasteiger partial charge in [-0.25, -0.2) is 5.32 Å². The molecule has 0 aliphatic carbocycles. The third-order valence-corrected chi connectivity index (χ3v) is 8.60. The van der Waals surface area contributed by atoms with Crippen LogP contribution in [0.3, 0.4) is 0 Å². The average Bonchev–Trinajstić information content (AvgIpc) is 3.02. The highest BCUT2D eigenvalue weighted by Crippen LogP contribution is 2.23. The molecule has 0 bridgehead atoms. The van der Waals surface area contributed by atoms with Crippen LogP contribution >= 0.6 is 0 Å². The van der Waals surface area contributed by atoms with Crippen LogP contribution in [0.5, 0.6) is 5.75 Å². The van der Waals surface area contributed by atoms with Crippen molar-refractivity contribution in [3.8, 4) is 5.75 Å². The Morgan fingerprint density at radius 1 is 0.848 bits per heavy atom. The number of hydrogen-bond donors (Lipinski definition) is 3. The van der Waals surface area contributed by atoms with E-state index in [2.05, 4.69) is 47.1 Å². The van der Waals surface area contributed by atoms with E-state index in [4.69, 9.17) is 4.74 Å². The van der Waals surface area contributed by atoms with Gasteiger partial charge in [0.2, 0.25) is 0 Å². The first-order valence-corrected chi connectivity index (χ1v) is 16.4. The Labute approximate surface area is 273 Å². The van der Waals surface area contributed by atoms with E-state index in [0.29, 0.717) is 32.2 Å². The molecule has 0 unspecified atom stereocenters. The van der Waals surface area contributed by atoms with Gasteiger partial charge in [-0.1, -0.05) is 99.6 Å². The first kappa shape index (κ1) is 34.4. The molecule has 0 saturated heterocycles. The van der Waals surface area contributed by atoms with Crippen LogP contribution in [0.4, 0.5) is 4.79 Å². The topological polar surface area (TPSA) is 99.5 Å². The predicted octanol–water partition coefficient (Wildman–Crippen LogP) is 5.38. The zero-order valence-corrected chi connectivity index (χ0v) is 27.8. The van der Waals surface area contributed by atoms with Crippen LogP contribution in [0.2, 0.25) is 0 Å². The summed E-state index contributed by atoms with van der Waals surface area (Å²) in [6, 6.07) is 24.8.